The molecule has 0 aliphatic carbocycles. The highest BCUT2D eigenvalue weighted by atomic mass is 16.5. The molecule has 0 radical (unpaired) electrons. The van der Waals surface area contributed by atoms with Gasteiger partial charge in [-0.3, -0.25) is 4.79 Å². The molecule has 0 saturated carbocycles. The van der Waals surface area contributed by atoms with Crippen LogP contribution >= 0.6 is 0 Å². The van der Waals surface area contributed by atoms with Crippen LogP contribution in [0.2, 0.25) is 0 Å². The Hall–Kier alpha value is -3.62. The van der Waals surface area contributed by atoms with E-state index in [0.29, 0.717) is 45.1 Å². The third kappa shape index (κ3) is 3.59. The molecule has 1 amide bonds. The van der Waals surface area contributed by atoms with E-state index in [4.69, 9.17) is 15.9 Å². The molecular formula is C19H23N7O2. The zero-order chi connectivity index (χ0) is 20.4. The Labute approximate surface area is 162 Å². The van der Waals surface area contributed by atoms with Crippen LogP contribution in [0.15, 0.2) is 24.7 Å². The van der Waals surface area contributed by atoms with Crippen LogP contribution in [0, 0.1) is 5.41 Å². The molecule has 28 heavy (non-hydrogen) atoms. The van der Waals surface area contributed by atoms with Gasteiger partial charge in [0.1, 0.15) is 23.5 Å². The summed E-state index contributed by atoms with van der Waals surface area (Å²) in [5, 5.41) is 11.4. The standard InChI is InChI=1S/C19H23N7O2/c1-10(2)28-15-6-13(21)11(7-20)5-14(15)25-18-16-12(19(27)26(3)4)8-22-17(16)23-9-24-18/h5-10,20H,21H2,1-4H3,(H2,22,23,24,25). The molecule has 0 bridgehead atoms. The van der Waals surface area contributed by atoms with Crippen molar-refractivity contribution < 1.29 is 9.53 Å². The third-order valence-electron chi connectivity index (χ3n) is 4.06. The number of nitrogens with one attached hydrogen (secondary N) is 3. The molecule has 0 aliphatic rings. The molecule has 146 valence electrons. The fraction of sp³-hybridized carbons (Fsp3) is 0.263. The Morgan fingerprint density at radius 1 is 1.36 bits per heavy atom. The Kier molecular flexibility index (Phi) is 5.16. The van der Waals surface area contributed by atoms with Gasteiger partial charge >= 0.3 is 0 Å². The van der Waals surface area contributed by atoms with Gasteiger partial charge in [0.05, 0.1) is 22.7 Å². The number of nitrogen functional groups attached to an aromatic ring is 1. The Morgan fingerprint density at radius 2 is 2.11 bits per heavy atom. The van der Waals surface area contributed by atoms with Gasteiger partial charge in [-0.2, -0.15) is 0 Å². The first-order valence-electron chi connectivity index (χ1n) is 8.73. The van der Waals surface area contributed by atoms with E-state index in [0.717, 1.165) is 0 Å². The van der Waals surface area contributed by atoms with Crippen LogP contribution < -0.4 is 15.8 Å². The maximum Gasteiger partial charge on any atom is 0.255 e. The van der Waals surface area contributed by atoms with Crippen molar-refractivity contribution in [1.82, 2.24) is 19.9 Å². The first-order chi connectivity index (χ1) is 13.3. The van der Waals surface area contributed by atoms with Crippen LogP contribution in [-0.2, 0) is 0 Å². The monoisotopic (exact) mass is 381 g/mol. The van der Waals surface area contributed by atoms with E-state index >= 15 is 0 Å². The SMILES string of the molecule is CC(C)Oc1cc(N)c(C=N)cc1Nc1ncnc2[nH]cc(C(=O)N(C)C)c12. The summed E-state index contributed by atoms with van der Waals surface area (Å²) in [7, 11) is 3.37. The fourth-order valence-electron chi connectivity index (χ4n) is 2.78. The first kappa shape index (κ1) is 19.2. The number of hydrogen-bond acceptors (Lipinski definition) is 7. The maximum atomic E-state index is 12.5. The molecule has 3 rings (SSSR count). The summed E-state index contributed by atoms with van der Waals surface area (Å²) in [6, 6.07) is 3.39. The van der Waals surface area contributed by atoms with Gasteiger partial charge in [-0.15, -0.1) is 0 Å². The van der Waals surface area contributed by atoms with Crippen molar-refractivity contribution >= 4 is 40.3 Å². The van der Waals surface area contributed by atoms with Gasteiger partial charge in [0, 0.05) is 43.8 Å². The van der Waals surface area contributed by atoms with Crippen molar-refractivity contribution in [3.63, 3.8) is 0 Å². The molecule has 0 atom stereocenters. The number of benzene rings is 1. The zero-order valence-electron chi connectivity index (χ0n) is 16.2. The van der Waals surface area contributed by atoms with Crippen molar-refractivity contribution in [2.24, 2.45) is 0 Å². The third-order valence-corrected chi connectivity index (χ3v) is 4.06. The van der Waals surface area contributed by atoms with E-state index in [1.807, 2.05) is 13.8 Å². The number of nitrogens with zero attached hydrogens (tertiary/aromatic N) is 3. The van der Waals surface area contributed by atoms with Gasteiger partial charge in [0.2, 0.25) is 0 Å². The number of anilines is 3. The molecule has 2 aromatic heterocycles. The van der Waals surface area contributed by atoms with Crippen molar-refractivity contribution in [3.8, 4) is 5.75 Å². The van der Waals surface area contributed by atoms with E-state index in [-0.39, 0.29) is 12.0 Å². The normalized spacial score (nSPS) is 10.9. The van der Waals surface area contributed by atoms with Crippen LogP contribution in [0.1, 0.15) is 29.8 Å². The minimum Gasteiger partial charge on any atom is -0.489 e. The van der Waals surface area contributed by atoms with Crippen LogP contribution in [0.5, 0.6) is 5.75 Å². The van der Waals surface area contributed by atoms with Crippen molar-refractivity contribution in [1.29, 1.82) is 5.41 Å². The molecule has 0 fully saturated rings. The lowest BCUT2D eigenvalue weighted by Gasteiger charge is -2.18. The van der Waals surface area contributed by atoms with E-state index in [1.165, 1.54) is 17.4 Å². The highest BCUT2D eigenvalue weighted by molar-refractivity contribution is 6.10. The molecule has 0 saturated heterocycles. The number of carbonyl (C=O) groups is 1. The van der Waals surface area contributed by atoms with Crippen molar-refractivity contribution in [2.45, 2.75) is 20.0 Å². The van der Waals surface area contributed by atoms with Gasteiger partial charge in [0.15, 0.2) is 0 Å². The molecule has 3 aromatic rings. The van der Waals surface area contributed by atoms with Crippen LogP contribution in [-0.4, -0.2) is 52.2 Å². The minimum absolute atomic E-state index is 0.0747. The second kappa shape index (κ2) is 7.55. The summed E-state index contributed by atoms with van der Waals surface area (Å²) in [6.45, 7) is 3.82. The topological polar surface area (TPSA) is 133 Å². The molecule has 9 nitrogen and oxygen atoms in total. The van der Waals surface area contributed by atoms with Gasteiger partial charge in [-0.05, 0) is 19.9 Å². The predicted molar refractivity (Wildman–Crippen MR) is 110 cm³/mol. The average molecular weight is 381 g/mol. The summed E-state index contributed by atoms with van der Waals surface area (Å²) in [4.78, 5) is 25.5. The molecule has 9 heteroatoms. The Morgan fingerprint density at radius 3 is 2.75 bits per heavy atom. The lowest BCUT2D eigenvalue weighted by molar-refractivity contribution is 0.0829. The number of amides is 1. The van der Waals surface area contributed by atoms with E-state index < -0.39 is 0 Å². The van der Waals surface area contributed by atoms with Crippen LogP contribution in [0.4, 0.5) is 17.2 Å². The Bertz CT molecular complexity index is 1040. The molecule has 1 aromatic carbocycles. The molecule has 0 spiro atoms. The number of nitrogens with two attached hydrogens (primary N) is 1. The molecule has 0 unspecified atom stereocenters. The second-order valence-electron chi connectivity index (χ2n) is 6.76. The number of rotatable bonds is 6. The van der Waals surface area contributed by atoms with Crippen LogP contribution in [0.3, 0.4) is 0 Å². The number of aromatic amines is 1. The van der Waals surface area contributed by atoms with Crippen LogP contribution in [0.25, 0.3) is 11.0 Å². The van der Waals surface area contributed by atoms with Crippen molar-refractivity contribution in [3.05, 3.63) is 35.8 Å². The molecule has 2 heterocycles. The summed E-state index contributed by atoms with van der Waals surface area (Å²) in [5.41, 5.74) is 8.57. The number of H-pyrrole nitrogens is 1. The number of ether oxygens (including phenoxy) is 1. The highest BCUT2D eigenvalue weighted by Gasteiger charge is 2.20. The lowest BCUT2D eigenvalue weighted by atomic mass is 10.1. The lowest BCUT2D eigenvalue weighted by Crippen LogP contribution is -2.21. The van der Waals surface area contributed by atoms with Crippen molar-refractivity contribution in [2.75, 3.05) is 25.1 Å². The van der Waals surface area contributed by atoms with Gasteiger partial charge in [-0.25, -0.2) is 9.97 Å². The van der Waals surface area contributed by atoms with Gasteiger partial charge in [0.25, 0.3) is 5.91 Å². The van der Waals surface area contributed by atoms with E-state index in [1.54, 1.807) is 32.4 Å². The average Bonchev–Trinajstić information content (AvgIpc) is 3.07. The summed E-state index contributed by atoms with van der Waals surface area (Å²) < 4.78 is 5.86. The van der Waals surface area contributed by atoms with Gasteiger partial charge < -0.3 is 31.1 Å². The number of carbonyl (C=O) groups excluding carboxylic acids is 1. The van der Waals surface area contributed by atoms with E-state index in [2.05, 4.69) is 20.3 Å². The molecule has 5 N–H and O–H groups in total. The van der Waals surface area contributed by atoms with Gasteiger partial charge in [-0.1, -0.05) is 0 Å². The number of hydrogen-bond donors (Lipinski definition) is 4. The largest absolute Gasteiger partial charge is 0.489 e. The zero-order valence-corrected chi connectivity index (χ0v) is 16.2. The smallest absolute Gasteiger partial charge is 0.255 e. The summed E-state index contributed by atoms with van der Waals surface area (Å²) in [6.07, 6.45) is 4.12. The first-order valence-corrected chi connectivity index (χ1v) is 8.73. The molecular weight excluding hydrogens is 358 g/mol. The van der Waals surface area contributed by atoms with E-state index in [9.17, 15) is 4.79 Å². The fourth-order valence-corrected chi connectivity index (χ4v) is 2.78. The predicted octanol–water partition coefficient (Wildman–Crippen LogP) is 2.77. The number of aromatic nitrogens is 3. The second-order valence-corrected chi connectivity index (χ2v) is 6.76. The minimum atomic E-state index is -0.166. The summed E-state index contributed by atoms with van der Waals surface area (Å²) >= 11 is 0. The maximum absolute atomic E-state index is 12.5. The highest BCUT2D eigenvalue weighted by Crippen LogP contribution is 2.34. The Balaban J connectivity index is 2.13. The summed E-state index contributed by atoms with van der Waals surface area (Å²) in [5.74, 6) is 0.812. The quantitative estimate of drug-likeness (QED) is 0.383. The number of fused-ring (bicyclic) bond motifs is 1. The molecule has 0 aliphatic heterocycles.